The molecule has 3 aromatic rings. The van der Waals surface area contributed by atoms with Crippen molar-refractivity contribution in [2.45, 2.75) is 53.2 Å². The second kappa shape index (κ2) is 9.49. The first-order valence-electron chi connectivity index (χ1n) is 10.2. The van der Waals surface area contributed by atoms with Crippen LogP contribution in [-0.4, -0.2) is 20.9 Å². The van der Waals surface area contributed by atoms with Gasteiger partial charge >= 0.3 is 5.97 Å². The molecular weight excluding hydrogens is 376 g/mol. The predicted molar refractivity (Wildman–Crippen MR) is 119 cm³/mol. The van der Waals surface area contributed by atoms with E-state index in [0.717, 1.165) is 28.9 Å². The van der Waals surface area contributed by atoms with Crippen molar-refractivity contribution in [3.05, 3.63) is 59.3 Å². The van der Waals surface area contributed by atoms with E-state index >= 15 is 0 Å². The molecule has 0 aliphatic carbocycles. The van der Waals surface area contributed by atoms with Gasteiger partial charge in [-0.05, 0) is 49.1 Å². The maximum absolute atomic E-state index is 11.1. The zero-order chi connectivity index (χ0) is 21.7. The molecule has 0 fully saturated rings. The Hall–Kier alpha value is -3.26. The molecule has 0 saturated heterocycles. The summed E-state index contributed by atoms with van der Waals surface area (Å²) in [6.07, 6.45) is -0.00999. The highest BCUT2D eigenvalue weighted by atomic mass is 16.5. The van der Waals surface area contributed by atoms with Gasteiger partial charge in [-0.15, -0.1) is 5.92 Å². The van der Waals surface area contributed by atoms with Crippen molar-refractivity contribution in [2.24, 2.45) is 5.92 Å². The summed E-state index contributed by atoms with van der Waals surface area (Å²) in [6, 6.07) is 13.7. The first-order chi connectivity index (χ1) is 14.4. The van der Waals surface area contributed by atoms with Gasteiger partial charge < -0.3 is 9.84 Å². The zero-order valence-electron chi connectivity index (χ0n) is 18.0. The van der Waals surface area contributed by atoms with Crippen molar-refractivity contribution in [1.82, 2.24) is 9.78 Å². The Kier molecular flexibility index (Phi) is 6.79. The van der Waals surface area contributed by atoms with Gasteiger partial charge in [0.15, 0.2) is 0 Å². The molecule has 0 unspecified atom stereocenters. The van der Waals surface area contributed by atoms with E-state index in [0.29, 0.717) is 12.5 Å². The highest BCUT2D eigenvalue weighted by molar-refractivity contribution is 5.82. The lowest BCUT2D eigenvalue weighted by molar-refractivity contribution is -0.137. The lowest BCUT2D eigenvalue weighted by Crippen LogP contribution is -2.07. The number of hydrogen-bond acceptors (Lipinski definition) is 3. The molecule has 1 aromatic heterocycles. The van der Waals surface area contributed by atoms with Crippen molar-refractivity contribution >= 4 is 16.9 Å². The summed E-state index contributed by atoms with van der Waals surface area (Å²) < 4.78 is 8.01. The monoisotopic (exact) mass is 404 g/mol. The van der Waals surface area contributed by atoms with Crippen LogP contribution in [0.25, 0.3) is 10.9 Å². The van der Waals surface area contributed by atoms with Crippen molar-refractivity contribution < 1.29 is 14.6 Å². The summed E-state index contributed by atoms with van der Waals surface area (Å²) in [5.74, 6) is 5.88. The van der Waals surface area contributed by atoms with E-state index in [1.165, 1.54) is 11.1 Å². The topological polar surface area (TPSA) is 64.3 Å². The van der Waals surface area contributed by atoms with Crippen LogP contribution in [0, 0.1) is 24.7 Å². The van der Waals surface area contributed by atoms with Gasteiger partial charge in [-0.2, -0.15) is 5.10 Å². The number of benzene rings is 2. The fourth-order valence-electron chi connectivity index (χ4n) is 3.49. The number of aliphatic carboxylic acids is 1. The first kappa shape index (κ1) is 21.4. The van der Waals surface area contributed by atoms with Crippen LogP contribution in [0.2, 0.25) is 0 Å². The lowest BCUT2D eigenvalue weighted by atomic mass is 9.96. The van der Waals surface area contributed by atoms with Crippen molar-refractivity contribution in [2.75, 3.05) is 0 Å². The van der Waals surface area contributed by atoms with Crippen molar-refractivity contribution in [3.8, 4) is 17.6 Å². The Balaban J connectivity index is 1.69. The van der Waals surface area contributed by atoms with Crippen LogP contribution in [0.1, 0.15) is 49.9 Å². The summed E-state index contributed by atoms with van der Waals surface area (Å²) in [5, 5.41) is 15.0. The highest BCUT2D eigenvalue weighted by Gasteiger charge is 2.13. The van der Waals surface area contributed by atoms with Crippen LogP contribution in [0.5, 0.6) is 5.75 Å². The summed E-state index contributed by atoms with van der Waals surface area (Å²) in [5.41, 5.74) is 4.11. The van der Waals surface area contributed by atoms with E-state index in [2.05, 4.69) is 55.5 Å². The molecule has 2 aromatic carbocycles. The van der Waals surface area contributed by atoms with E-state index in [-0.39, 0.29) is 12.3 Å². The second-order valence-corrected chi connectivity index (χ2v) is 7.92. The number of fused-ring (bicyclic) bond motifs is 1. The minimum atomic E-state index is -0.857. The van der Waals surface area contributed by atoms with Gasteiger partial charge in [0, 0.05) is 17.6 Å². The molecule has 0 aliphatic rings. The minimum absolute atomic E-state index is 0.00999. The molecule has 0 amide bonds. The number of nitrogens with zero attached hydrogens (tertiary/aromatic N) is 2. The molecule has 5 heteroatoms. The zero-order valence-corrected chi connectivity index (χ0v) is 18.0. The third kappa shape index (κ3) is 5.21. The largest absolute Gasteiger partial charge is 0.489 e. The van der Waals surface area contributed by atoms with Crippen LogP contribution in [-0.2, 0) is 17.9 Å². The van der Waals surface area contributed by atoms with Gasteiger partial charge in [-0.1, -0.05) is 44.0 Å². The van der Waals surface area contributed by atoms with E-state index in [4.69, 9.17) is 14.9 Å². The average molecular weight is 405 g/mol. The molecule has 0 aliphatic heterocycles. The van der Waals surface area contributed by atoms with E-state index in [1.807, 2.05) is 24.3 Å². The summed E-state index contributed by atoms with van der Waals surface area (Å²) >= 11 is 0. The molecule has 156 valence electrons. The second-order valence-electron chi connectivity index (χ2n) is 7.92. The van der Waals surface area contributed by atoms with Crippen molar-refractivity contribution in [1.29, 1.82) is 0 Å². The molecule has 0 radical (unpaired) electrons. The molecule has 3 rings (SSSR count). The van der Waals surface area contributed by atoms with Crippen LogP contribution in [0.15, 0.2) is 42.5 Å². The third-order valence-electron chi connectivity index (χ3n) is 4.99. The SMILES string of the molecule is CC#C[C@@H](CC(=O)O)c1ccc(OCc2ccc3c(C)n(CC(C)C)nc3c2)cc1. The number of aryl methyl sites for hydroxylation is 1. The predicted octanol–water partition coefficient (Wildman–Crippen LogP) is 5.16. The number of carboxylic acids is 1. The lowest BCUT2D eigenvalue weighted by Gasteiger charge is -2.11. The maximum Gasteiger partial charge on any atom is 0.304 e. The Morgan fingerprint density at radius 1 is 1.20 bits per heavy atom. The highest BCUT2D eigenvalue weighted by Crippen LogP contribution is 2.24. The molecule has 1 N–H and O–H groups in total. The van der Waals surface area contributed by atoms with Crippen LogP contribution in [0.4, 0.5) is 0 Å². The van der Waals surface area contributed by atoms with Crippen LogP contribution < -0.4 is 4.74 Å². The fourth-order valence-corrected chi connectivity index (χ4v) is 3.49. The average Bonchev–Trinajstić information content (AvgIpc) is 3.00. The van der Waals surface area contributed by atoms with Gasteiger partial charge in [0.25, 0.3) is 0 Å². The van der Waals surface area contributed by atoms with Crippen LogP contribution in [0.3, 0.4) is 0 Å². The first-order valence-corrected chi connectivity index (χ1v) is 10.2. The van der Waals surface area contributed by atoms with E-state index in [9.17, 15) is 4.79 Å². The maximum atomic E-state index is 11.1. The molecule has 5 nitrogen and oxygen atoms in total. The molecule has 0 bridgehead atoms. The van der Waals surface area contributed by atoms with Crippen LogP contribution >= 0.6 is 0 Å². The normalized spacial score (nSPS) is 11.9. The van der Waals surface area contributed by atoms with E-state index in [1.54, 1.807) is 6.92 Å². The number of ether oxygens (including phenoxy) is 1. The van der Waals surface area contributed by atoms with Gasteiger partial charge in [0.1, 0.15) is 12.4 Å². The summed E-state index contributed by atoms with van der Waals surface area (Å²) in [7, 11) is 0. The van der Waals surface area contributed by atoms with Gasteiger partial charge in [0.05, 0.1) is 17.9 Å². The van der Waals surface area contributed by atoms with Gasteiger partial charge in [-0.25, -0.2) is 0 Å². The molecule has 30 heavy (non-hydrogen) atoms. The Labute approximate surface area is 177 Å². The quantitative estimate of drug-likeness (QED) is 0.527. The van der Waals surface area contributed by atoms with Gasteiger partial charge in [-0.3, -0.25) is 9.48 Å². The smallest absolute Gasteiger partial charge is 0.304 e. The number of hydrogen-bond donors (Lipinski definition) is 1. The number of aromatic nitrogens is 2. The minimum Gasteiger partial charge on any atom is -0.489 e. The van der Waals surface area contributed by atoms with Crippen molar-refractivity contribution in [3.63, 3.8) is 0 Å². The number of rotatable bonds is 8. The molecule has 0 saturated carbocycles. The molecule has 1 heterocycles. The Bertz CT molecular complexity index is 1090. The Morgan fingerprint density at radius 3 is 2.57 bits per heavy atom. The Morgan fingerprint density at radius 2 is 1.93 bits per heavy atom. The number of carbonyl (C=O) groups is 1. The summed E-state index contributed by atoms with van der Waals surface area (Å²) in [6.45, 7) is 9.55. The molecule has 0 spiro atoms. The molecule has 1 atom stereocenters. The number of carboxylic acid groups (broad SMARTS) is 1. The van der Waals surface area contributed by atoms with E-state index < -0.39 is 5.97 Å². The van der Waals surface area contributed by atoms with Gasteiger partial charge in [0.2, 0.25) is 0 Å². The third-order valence-corrected chi connectivity index (χ3v) is 4.99. The standard InChI is InChI=1S/C25H28N2O3/c1-5-6-21(14-25(28)29)20-8-10-22(11-9-20)30-16-19-7-12-23-18(4)27(15-17(2)3)26-24(23)13-19/h7-13,17,21H,14-16H2,1-4H3,(H,28,29)/t21-/m0/s1. The summed E-state index contributed by atoms with van der Waals surface area (Å²) in [4.78, 5) is 11.1. The molecular formula is C25H28N2O3. The fraction of sp³-hybridized carbons (Fsp3) is 0.360.